The van der Waals surface area contributed by atoms with Crippen molar-refractivity contribution in [3.05, 3.63) is 35.8 Å². The molecule has 0 spiro atoms. The lowest BCUT2D eigenvalue weighted by Crippen LogP contribution is -2.04. The molecule has 0 radical (unpaired) electrons. The first-order valence-corrected chi connectivity index (χ1v) is 5.70. The van der Waals surface area contributed by atoms with E-state index < -0.39 is 17.7 Å². The van der Waals surface area contributed by atoms with Gasteiger partial charge in [0.25, 0.3) is 0 Å². The number of fused-ring (bicyclic) bond motifs is 1. The molecule has 0 atom stereocenters. The van der Waals surface area contributed by atoms with Crippen molar-refractivity contribution in [1.29, 1.82) is 0 Å². The number of aromatic nitrogens is 4. The highest BCUT2D eigenvalue weighted by molar-refractivity contribution is 5.92. The summed E-state index contributed by atoms with van der Waals surface area (Å²) in [7, 11) is 0. The first-order chi connectivity index (χ1) is 9.86. The van der Waals surface area contributed by atoms with Gasteiger partial charge in [0.2, 0.25) is 0 Å². The molecule has 0 aliphatic rings. The smallest absolute Gasteiger partial charge is 0.416 e. The van der Waals surface area contributed by atoms with Crippen LogP contribution in [0.5, 0.6) is 0 Å². The van der Waals surface area contributed by atoms with E-state index in [1.54, 1.807) is 0 Å². The molecule has 0 amide bonds. The highest BCUT2D eigenvalue weighted by Gasteiger charge is 2.31. The molecule has 6 nitrogen and oxygen atoms in total. The molecule has 0 aliphatic carbocycles. The van der Waals surface area contributed by atoms with Gasteiger partial charge in [0.1, 0.15) is 5.69 Å². The minimum atomic E-state index is -4.46. The fraction of sp³-hybridized carbons (Fsp3) is 0.0833. The summed E-state index contributed by atoms with van der Waals surface area (Å²) < 4.78 is 37.9. The zero-order valence-corrected chi connectivity index (χ0v) is 10.2. The molecule has 9 heteroatoms. The average Bonchev–Trinajstić information content (AvgIpc) is 3.02. The van der Waals surface area contributed by atoms with E-state index >= 15 is 0 Å². The van der Waals surface area contributed by atoms with Crippen LogP contribution in [0.2, 0.25) is 0 Å². The summed E-state index contributed by atoms with van der Waals surface area (Å²) in [5, 5.41) is 8.98. The van der Waals surface area contributed by atoms with Gasteiger partial charge in [0.05, 0.1) is 22.9 Å². The third-order valence-corrected chi connectivity index (χ3v) is 2.89. The topological polar surface area (TPSA) is 94.7 Å². The van der Waals surface area contributed by atoms with Crippen LogP contribution >= 0.6 is 0 Å². The number of nitrogens with zero attached hydrogens (tertiary/aromatic N) is 2. The Labute approximate surface area is 114 Å². The first-order valence-electron chi connectivity index (χ1n) is 5.70. The van der Waals surface area contributed by atoms with Crippen molar-refractivity contribution in [2.45, 2.75) is 6.18 Å². The number of halogens is 3. The first kappa shape index (κ1) is 13.2. The Bertz CT molecular complexity index is 835. The molecule has 0 fully saturated rings. The molecule has 108 valence electrons. The molecule has 0 saturated heterocycles. The zero-order valence-electron chi connectivity index (χ0n) is 10.2. The fourth-order valence-electron chi connectivity index (χ4n) is 1.93. The zero-order chi connectivity index (χ0) is 15.2. The number of hydrogen-bond donors (Lipinski definition) is 3. The molecule has 0 bridgehead atoms. The molecular formula is C12H7F3N4O2. The van der Waals surface area contributed by atoms with Gasteiger partial charge in [-0.15, -0.1) is 0 Å². The molecule has 2 aromatic heterocycles. The van der Waals surface area contributed by atoms with Crippen molar-refractivity contribution < 1.29 is 23.1 Å². The van der Waals surface area contributed by atoms with Crippen molar-refractivity contribution >= 4 is 17.0 Å². The molecule has 2 heterocycles. The van der Waals surface area contributed by atoms with Crippen molar-refractivity contribution in [2.75, 3.05) is 0 Å². The van der Waals surface area contributed by atoms with Gasteiger partial charge < -0.3 is 15.1 Å². The predicted molar refractivity (Wildman–Crippen MR) is 65.6 cm³/mol. The Kier molecular flexibility index (Phi) is 2.71. The Hall–Kier alpha value is -2.84. The molecular weight excluding hydrogens is 289 g/mol. The van der Waals surface area contributed by atoms with Crippen LogP contribution in [0.4, 0.5) is 13.2 Å². The highest BCUT2D eigenvalue weighted by atomic mass is 19.4. The van der Waals surface area contributed by atoms with Crippen molar-refractivity contribution in [3.63, 3.8) is 0 Å². The number of carboxylic acid groups (broad SMARTS) is 1. The highest BCUT2D eigenvalue weighted by Crippen LogP contribution is 2.31. The molecule has 3 aromatic rings. The van der Waals surface area contributed by atoms with E-state index in [1.807, 2.05) is 0 Å². The normalized spacial score (nSPS) is 12.0. The number of aromatic carboxylic acids is 1. The number of imidazole rings is 2. The van der Waals surface area contributed by atoms with Crippen molar-refractivity contribution in [2.24, 2.45) is 0 Å². The van der Waals surface area contributed by atoms with Crippen LogP contribution in [0.1, 0.15) is 16.1 Å². The second-order valence-electron chi connectivity index (χ2n) is 4.25. The van der Waals surface area contributed by atoms with Crippen LogP contribution < -0.4 is 0 Å². The number of benzene rings is 1. The summed E-state index contributed by atoms with van der Waals surface area (Å²) in [4.78, 5) is 24.0. The molecule has 0 unspecified atom stereocenters. The molecule has 0 saturated carbocycles. The predicted octanol–water partition coefficient (Wildman–Crippen LogP) is 2.67. The van der Waals surface area contributed by atoms with Gasteiger partial charge in [0, 0.05) is 0 Å². The van der Waals surface area contributed by atoms with E-state index in [-0.39, 0.29) is 28.2 Å². The van der Waals surface area contributed by atoms with Crippen LogP contribution in [0.15, 0.2) is 24.5 Å². The number of alkyl halides is 3. The van der Waals surface area contributed by atoms with Crippen LogP contribution in [0.3, 0.4) is 0 Å². The molecule has 21 heavy (non-hydrogen) atoms. The summed E-state index contributed by atoms with van der Waals surface area (Å²) in [5.41, 5.74) is -0.528. The number of H-pyrrole nitrogens is 2. The van der Waals surface area contributed by atoms with E-state index in [1.165, 1.54) is 12.4 Å². The quantitative estimate of drug-likeness (QED) is 0.677. The Morgan fingerprint density at radius 1 is 1.29 bits per heavy atom. The summed E-state index contributed by atoms with van der Waals surface area (Å²) in [6.07, 6.45) is -3.29. The maximum atomic E-state index is 12.6. The number of hydrogen-bond acceptors (Lipinski definition) is 3. The lowest BCUT2D eigenvalue weighted by atomic mass is 10.2. The minimum Gasteiger partial charge on any atom is -0.477 e. The van der Waals surface area contributed by atoms with Gasteiger partial charge in [0.15, 0.2) is 11.5 Å². The molecule has 3 rings (SSSR count). The third-order valence-electron chi connectivity index (χ3n) is 2.89. The fourth-order valence-corrected chi connectivity index (χ4v) is 1.93. The number of rotatable bonds is 2. The summed E-state index contributed by atoms with van der Waals surface area (Å²) >= 11 is 0. The number of carboxylic acids is 1. The Morgan fingerprint density at radius 2 is 2.05 bits per heavy atom. The van der Waals surface area contributed by atoms with E-state index in [9.17, 15) is 18.0 Å². The number of carbonyl (C=O) groups is 1. The van der Waals surface area contributed by atoms with E-state index in [0.717, 1.165) is 12.1 Å². The average molecular weight is 296 g/mol. The van der Waals surface area contributed by atoms with Crippen LogP contribution in [0, 0.1) is 0 Å². The summed E-state index contributed by atoms with van der Waals surface area (Å²) in [6.45, 7) is 0. The van der Waals surface area contributed by atoms with Crippen LogP contribution in [-0.2, 0) is 6.18 Å². The van der Waals surface area contributed by atoms with Gasteiger partial charge >= 0.3 is 12.1 Å². The second kappa shape index (κ2) is 4.33. The molecule has 1 aromatic carbocycles. The standard InChI is InChI=1S/C12H7F3N4O2/c13-12(14,15)5-1-2-6-7(3-5)19-10(18-6)8-9(11(20)21)17-4-16-8/h1-4H,(H,16,17)(H,18,19)(H,20,21). The SMILES string of the molecule is O=C(O)c1[nH]cnc1-c1nc2ccc(C(F)(F)F)cc2[nH]1. The van der Waals surface area contributed by atoms with Gasteiger partial charge in [-0.3, -0.25) is 0 Å². The molecule has 0 aliphatic heterocycles. The van der Waals surface area contributed by atoms with Gasteiger partial charge in [-0.2, -0.15) is 13.2 Å². The van der Waals surface area contributed by atoms with Crippen LogP contribution in [0.25, 0.3) is 22.6 Å². The Morgan fingerprint density at radius 3 is 2.71 bits per heavy atom. The maximum Gasteiger partial charge on any atom is 0.416 e. The van der Waals surface area contributed by atoms with Gasteiger partial charge in [-0.1, -0.05) is 0 Å². The summed E-state index contributed by atoms with van der Waals surface area (Å²) in [6, 6.07) is 3.04. The van der Waals surface area contributed by atoms with E-state index in [2.05, 4.69) is 19.9 Å². The molecule has 3 N–H and O–H groups in total. The maximum absolute atomic E-state index is 12.6. The second-order valence-corrected chi connectivity index (χ2v) is 4.25. The minimum absolute atomic E-state index is 0.0345. The lowest BCUT2D eigenvalue weighted by molar-refractivity contribution is -0.137. The van der Waals surface area contributed by atoms with Crippen molar-refractivity contribution in [1.82, 2.24) is 19.9 Å². The van der Waals surface area contributed by atoms with Gasteiger partial charge in [-0.25, -0.2) is 14.8 Å². The van der Waals surface area contributed by atoms with Gasteiger partial charge in [-0.05, 0) is 18.2 Å². The van der Waals surface area contributed by atoms with E-state index in [4.69, 9.17) is 5.11 Å². The summed E-state index contributed by atoms with van der Waals surface area (Å²) in [5.74, 6) is -1.15. The largest absolute Gasteiger partial charge is 0.477 e. The van der Waals surface area contributed by atoms with Crippen molar-refractivity contribution in [3.8, 4) is 11.5 Å². The number of aromatic amines is 2. The third kappa shape index (κ3) is 2.22. The lowest BCUT2D eigenvalue weighted by Gasteiger charge is -2.05. The van der Waals surface area contributed by atoms with Crippen LogP contribution in [-0.4, -0.2) is 31.0 Å². The Balaban J connectivity index is 2.13. The van der Waals surface area contributed by atoms with E-state index in [0.29, 0.717) is 0 Å². The number of nitrogens with one attached hydrogen (secondary N) is 2. The monoisotopic (exact) mass is 296 g/mol.